The summed E-state index contributed by atoms with van der Waals surface area (Å²) in [5.74, 6) is 1.28. The van der Waals surface area contributed by atoms with Crippen molar-refractivity contribution in [1.29, 1.82) is 0 Å². The van der Waals surface area contributed by atoms with Crippen LogP contribution < -0.4 is 24.7 Å². The zero-order valence-electron chi connectivity index (χ0n) is 15.9. The van der Waals surface area contributed by atoms with Gasteiger partial charge in [-0.25, -0.2) is 13.1 Å². The molecule has 2 rings (SSSR count). The summed E-state index contributed by atoms with van der Waals surface area (Å²) >= 11 is 0. The summed E-state index contributed by atoms with van der Waals surface area (Å²) in [6.45, 7) is -1.03. The van der Waals surface area contributed by atoms with Gasteiger partial charge in [0.1, 0.15) is 17.2 Å². The molecule has 0 saturated carbocycles. The fourth-order valence-electron chi connectivity index (χ4n) is 2.67. The van der Waals surface area contributed by atoms with E-state index in [0.717, 1.165) is 0 Å². The SMILES string of the molecule is COc1cc(OC)c(CNS(=O)(=O)c2cc(CO)c(N)c(CO)c2)c(OC)c1. The highest BCUT2D eigenvalue weighted by atomic mass is 32.2. The number of nitrogen functional groups attached to an aromatic ring is 1. The van der Waals surface area contributed by atoms with E-state index in [9.17, 15) is 18.6 Å². The standard InChI is InChI=1S/C18H24N2O7S/c1-25-13-6-16(26-2)15(17(7-13)27-3)8-20-28(23,24)14-4-11(9-21)18(19)12(5-14)10-22/h4-7,20-22H,8-10,19H2,1-3H3. The number of ether oxygens (including phenoxy) is 3. The summed E-state index contributed by atoms with van der Waals surface area (Å²) in [7, 11) is 0.422. The minimum absolute atomic E-state index is 0.119. The normalized spacial score (nSPS) is 11.3. The van der Waals surface area contributed by atoms with Gasteiger partial charge in [-0.3, -0.25) is 0 Å². The van der Waals surface area contributed by atoms with Crippen molar-refractivity contribution in [3.8, 4) is 17.2 Å². The number of aliphatic hydroxyl groups excluding tert-OH is 2. The molecule has 28 heavy (non-hydrogen) atoms. The van der Waals surface area contributed by atoms with Gasteiger partial charge in [0, 0.05) is 35.5 Å². The van der Waals surface area contributed by atoms with Gasteiger partial charge in [0.15, 0.2) is 0 Å². The van der Waals surface area contributed by atoms with Gasteiger partial charge in [-0.15, -0.1) is 0 Å². The lowest BCUT2D eigenvalue weighted by molar-refractivity contribution is 0.276. The second kappa shape index (κ2) is 9.11. The minimum Gasteiger partial charge on any atom is -0.496 e. The Bertz CT molecular complexity index is 895. The van der Waals surface area contributed by atoms with E-state index in [4.69, 9.17) is 19.9 Å². The predicted octanol–water partition coefficient (Wildman–Crippen LogP) is 0.758. The minimum atomic E-state index is -3.98. The van der Waals surface area contributed by atoms with E-state index in [1.54, 1.807) is 12.1 Å². The van der Waals surface area contributed by atoms with Gasteiger partial charge < -0.3 is 30.2 Å². The van der Waals surface area contributed by atoms with Crippen LogP contribution in [-0.4, -0.2) is 40.0 Å². The van der Waals surface area contributed by atoms with Crippen LogP contribution >= 0.6 is 0 Å². The molecule has 0 fully saturated rings. The van der Waals surface area contributed by atoms with Gasteiger partial charge in [0.05, 0.1) is 45.0 Å². The average Bonchev–Trinajstić information content (AvgIpc) is 2.71. The summed E-state index contributed by atoms with van der Waals surface area (Å²) in [4.78, 5) is -0.124. The molecule has 0 heterocycles. The molecular formula is C18H24N2O7S. The van der Waals surface area contributed by atoms with E-state index >= 15 is 0 Å². The van der Waals surface area contributed by atoms with Crippen molar-refractivity contribution in [3.63, 3.8) is 0 Å². The lowest BCUT2D eigenvalue weighted by Gasteiger charge is -2.16. The Balaban J connectivity index is 2.39. The summed E-state index contributed by atoms with van der Waals surface area (Å²) < 4.78 is 43.8. The molecule has 0 aliphatic heterocycles. The summed E-state index contributed by atoms with van der Waals surface area (Å²) in [5, 5.41) is 18.8. The highest BCUT2D eigenvalue weighted by molar-refractivity contribution is 7.89. The van der Waals surface area contributed by atoms with Crippen LogP contribution in [0.3, 0.4) is 0 Å². The fourth-order valence-corrected chi connectivity index (χ4v) is 3.76. The first-order chi connectivity index (χ1) is 13.3. The van der Waals surface area contributed by atoms with Crippen molar-refractivity contribution >= 4 is 15.7 Å². The van der Waals surface area contributed by atoms with Crippen molar-refractivity contribution in [1.82, 2.24) is 4.72 Å². The quantitative estimate of drug-likeness (QED) is 0.443. The first-order valence-electron chi connectivity index (χ1n) is 8.22. The number of hydrogen-bond acceptors (Lipinski definition) is 8. The van der Waals surface area contributed by atoms with Gasteiger partial charge in [-0.1, -0.05) is 0 Å². The molecule has 0 radical (unpaired) electrons. The summed E-state index contributed by atoms with van der Waals surface area (Å²) in [6, 6.07) is 5.75. The first kappa shape index (κ1) is 21.8. The lowest BCUT2D eigenvalue weighted by Crippen LogP contribution is -2.24. The largest absolute Gasteiger partial charge is 0.496 e. The Morgan fingerprint density at radius 1 is 0.929 bits per heavy atom. The average molecular weight is 412 g/mol. The Hall–Kier alpha value is -2.53. The smallest absolute Gasteiger partial charge is 0.240 e. The van der Waals surface area contributed by atoms with Gasteiger partial charge in [0.2, 0.25) is 10.0 Å². The molecule has 0 unspecified atom stereocenters. The van der Waals surface area contributed by atoms with Crippen LogP contribution in [-0.2, 0) is 29.8 Å². The molecule has 2 aromatic rings. The Morgan fingerprint density at radius 2 is 1.43 bits per heavy atom. The Labute approximate surface area is 163 Å². The third kappa shape index (κ3) is 4.47. The van der Waals surface area contributed by atoms with Gasteiger partial charge >= 0.3 is 0 Å². The van der Waals surface area contributed by atoms with E-state index in [0.29, 0.717) is 22.8 Å². The van der Waals surface area contributed by atoms with Crippen molar-refractivity contribution in [2.75, 3.05) is 27.1 Å². The molecule has 0 saturated heterocycles. The van der Waals surface area contributed by atoms with Crippen LogP contribution in [0, 0.1) is 0 Å². The monoisotopic (exact) mass is 412 g/mol. The second-order valence-electron chi connectivity index (χ2n) is 5.81. The summed E-state index contributed by atoms with van der Waals surface area (Å²) in [6.07, 6.45) is 0. The summed E-state index contributed by atoms with van der Waals surface area (Å²) in [5.41, 5.74) is 6.87. The number of nitrogens with two attached hydrogens (primary N) is 1. The molecule has 0 aliphatic carbocycles. The molecule has 0 aromatic heterocycles. The van der Waals surface area contributed by atoms with Gasteiger partial charge in [0.25, 0.3) is 0 Å². The molecule has 0 amide bonds. The van der Waals surface area contributed by atoms with Crippen LogP contribution in [0.2, 0.25) is 0 Å². The number of hydrogen-bond donors (Lipinski definition) is 4. The molecule has 9 nitrogen and oxygen atoms in total. The van der Waals surface area contributed by atoms with E-state index in [2.05, 4.69) is 4.72 Å². The van der Waals surface area contributed by atoms with E-state index in [1.165, 1.54) is 33.5 Å². The maximum Gasteiger partial charge on any atom is 0.240 e. The molecule has 10 heteroatoms. The highest BCUT2D eigenvalue weighted by Gasteiger charge is 2.21. The molecular weight excluding hydrogens is 388 g/mol. The van der Waals surface area contributed by atoms with E-state index < -0.39 is 23.2 Å². The van der Waals surface area contributed by atoms with Crippen molar-refractivity contribution in [2.24, 2.45) is 0 Å². The zero-order valence-corrected chi connectivity index (χ0v) is 16.7. The zero-order chi connectivity index (χ0) is 20.9. The van der Waals surface area contributed by atoms with Crippen LogP contribution in [0.25, 0.3) is 0 Å². The third-order valence-electron chi connectivity index (χ3n) is 4.23. The second-order valence-corrected chi connectivity index (χ2v) is 7.57. The van der Waals surface area contributed by atoms with Crippen LogP contribution in [0.1, 0.15) is 16.7 Å². The number of methoxy groups -OCH3 is 3. The molecule has 0 spiro atoms. The van der Waals surface area contributed by atoms with Crippen LogP contribution in [0.4, 0.5) is 5.69 Å². The fraction of sp³-hybridized carbons (Fsp3) is 0.333. The Kier molecular flexibility index (Phi) is 7.08. The van der Waals surface area contributed by atoms with Gasteiger partial charge in [-0.2, -0.15) is 0 Å². The molecule has 154 valence electrons. The molecule has 0 bridgehead atoms. The number of nitrogens with one attached hydrogen (secondary N) is 1. The van der Waals surface area contributed by atoms with Crippen LogP contribution in [0.15, 0.2) is 29.2 Å². The predicted molar refractivity (Wildman–Crippen MR) is 103 cm³/mol. The van der Waals surface area contributed by atoms with Crippen molar-refractivity contribution < 1.29 is 32.8 Å². The number of anilines is 1. The Morgan fingerprint density at radius 3 is 1.82 bits per heavy atom. The molecule has 2 aromatic carbocycles. The topological polar surface area (TPSA) is 140 Å². The maximum absolute atomic E-state index is 12.8. The number of sulfonamides is 1. The number of aliphatic hydroxyl groups is 2. The van der Waals surface area contributed by atoms with Gasteiger partial charge in [-0.05, 0) is 12.1 Å². The molecule has 0 aliphatic rings. The molecule has 0 atom stereocenters. The number of benzene rings is 2. The third-order valence-corrected chi connectivity index (χ3v) is 5.61. The lowest BCUT2D eigenvalue weighted by atomic mass is 10.1. The van der Waals surface area contributed by atoms with E-state index in [-0.39, 0.29) is 28.3 Å². The molecule has 5 N–H and O–H groups in total. The first-order valence-corrected chi connectivity index (χ1v) is 9.71. The maximum atomic E-state index is 12.8. The highest BCUT2D eigenvalue weighted by Crippen LogP contribution is 2.34. The van der Waals surface area contributed by atoms with E-state index in [1.807, 2.05) is 0 Å². The van der Waals surface area contributed by atoms with Crippen molar-refractivity contribution in [2.45, 2.75) is 24.7 Å². The van der Waals surface area contributed by atoms with Crippen LogP contribution in [0.5, 0.6) is 17.2 Å². The van der Waals surface area contributed by atoms with Crippen molar-refractivity contribution in [3.05, 3.63) is 41.0 Å². The number of rotatable bonds is 9.